The molecule has 1 aliphatic carbocycles. The first-order valence-electron chi connectivity index (χ1n) is 6.16. The summed E-state index contributed by atoms with van der Waals surface area (Å²) in [5, 5.41) is 13.3. The number of nitrogens with one attached hydrogen (secondary N) is 1. The monoisotopic (exact) mass is 219 g/mol. The number of aromatic hydroxyl groups is 1. The number of benzene rings is 1. The van der Waals surface area contributed by atoms with Gasteiger partial charge in [0, 0.05) is 12.1 Å². The van der Waals surface area contributed by atoms with E-state index in [0.717, 1.165) is 36.1 Å². The first-order chi connectivity index (χ1) is 7.68. The van der Waals surface area contributed by atoms with Crippen molar-refractivity contribution < 1.29 is 5.11 Å². The molecule has 0 aliphatic heterocycles. The summed E-state index contributed by atoms with van der Waals surface area (Å²) in [6.45, 7) is 6.06. The van der Waals surface area contributed by atoms with E-state index in [9.17, 15) is 5.11 Å². The quantitative estimate of drug-likeness (QED) is 0.798. The van der Waals surface area contributed by atoms with E-state index in [1.807, 2.05) is 25.1 Å². The smallest absolute Gasteiger partial charge is 0.122 e. The standard InChI is InChI=1S/C14H21NO/c1-10-4-3-5-13(14(10)16)9-15-8-11(2)12-6-7-12/h3-5,11-12,15-16H,6-9H2,1-2H3. The molecule has 0 radical (unpaired) electrons. The second-order valence-electron chi connectivity index (χ2n) is 5.03. The lowest BCUT2D eigenvalue weighted by Gasteiger charge is -2.12. The number of phenolic OH excluding ortho intramolecular Hbond substituents is 1. The summed E-state index contributed by atoms with van der Waals surface area (Å²) in [7, 11) is 0. The molecule has 2 N–H and O–H groups in total. The van der Waals surface area contributed by atoms with Gasteiger partial charge in [-0.3, -0.25) is 0 Å². The van der Waals surface area contributed by atoms with Gasteiger partial charge >= 0.3 is 0 Å². The summed E-state index contributed by atoms with van der Waals surface area (Å²) in [6.07, 6.45) is 2.80. The van der Waals surface area contributed by atoms with Crippen molar-refractivity contribution in [1.29, 1.82) is 0 Å². The zero-order valence-corrected chi connectivity index (χ0v) is 10.2. The molecule has 0 spiro atoms. The van der Waals surface area contributed by atoms with E-state index in [-0.39, 0.29) is 0 Å². The Morgan fingerprint density at radius 2 is 2.19 bits per heavy atom. The van der Waals surface area contributed by atoms with Gasteiger partial charge in [-0.15, -0.1) is 0 Å². The summed E-state index contributed by atoms with van der Waals surface area (Å²) in [4.78, 5) is 0. The highest BCUT2D eigenvalue weighted by Gasteiger charge is 2.27. The molecule has 16 heavy (non-hydrogen) atoms. The molecule has 0 saturated heterocycles. The molecule has 2 rings (SSSR count). The average molecular weight is 219 g/mol. The van der Waals surface area contributed by atoms with Crippen molar-refractivity contribution in [1.82, 2.24) is 5.32 Å². The summed E-state index contributed by atoms with van der Waals surface area (Å²) in [5.41, 5.74) is 1.96. The summed E-state index contributed by atoms with van der Waals surface area (Å²) in [5.74, 6) is 2.15. The normalized spacial score (nSPS) is 17.4. The molecule has 1 aliphatic rings. The van der Waals surface area contributed by atoms with Crippen LogP contribution in [0.4, 0.5) is 0 Å². The van der Waals surface area contributed by atoms with Gasteiger partial charge in [0.25, 0.3) is 0 Å². The molecule has 1 aromatic rings. The number of hydrogen-bond donors (Lipinski definition) is 2. The summed E-state index contributed by atoms with van der Waals surface area (Å²) < 4.78 is 0. The zero-order chi connectivity index (χ0) is 11.5. The second-order valence-corrected chi connectivity index (χ2v) is 5.03. The van der Waals surface area contributed by atoms with Gasteiger partial charge in [-0.1, -0.05) is 25.1 Å². The number of aryl methyl sites for hydroxylation is 1. The average Bonchev–Trinajstić information content (AvgIpc) is 3.07. The van der Waals surface area contributed by atoms with Crippen molar-refractivity contribution in [2.45, 2.75) is 33.2 Å². The fraction of sp³-hybridized carbons (Fsp3) is 0.571. The summed E-state index contributed by atoms with van der Waals surface area (Å²) >= 11 is 0. The van der Waals surface area contributed by atoms with Gasteiger partial charge in [-0.05, 0) is 43.7 Å². The van der Waals surface area contributed by atoms with Crippen molar-refractivity contribution in [3.05, 3.63) is 29.3 Å². The van der Waals surface area contributed by atoms with E-state index >= 15 is 0 Å². The van der Waals surface area contributed by atoms with E-state index in [2.05, 4.69) is 12.2 Å². The van der Waals surface area contributed by atoms with Gasteiger partial charge < -0.3 is 10.4 Å². The molecule has 88 valence electrons. The van der Waals surface area contributed by atoms with Gasteiger partial charge in [0.05, 0.1) is 0 Å². The zero-order valence-electron chi connectivity index (χ0n) is 10.2. The molecule has 1 fully saturated rings. The highest BCUT2D eigenvalue weighted by molar-refractivity contribution is 5.39. The van der Waals surface area contributed by atoms with E-state index in [1.54, 1.807) is 0 Å². The Bertz CT molecular complexity index is 358. The Kier molecular flexibility index (Phi) is 3.49. The van der Waals surface area contributed by atoms with E-state index in [0.29, 0.717) is 5.75 Å². The van der Waals surface area contributed by atoms with Crippen LogP contribution in [0.2, 0.25) is 0 Å². The lowest BCUT2D eigenvalue weighted by Crippen LogP contribution is -2.21. The van der Waals surface area contributed by atoms with Crippen LogP contribution in [0.5, 0.6) is 5.75 Å². The van der Waals surface area contributed by atoms with Crippen molar-refractivity contribution >= 4 is 0 Å². The minimum absolute atomic E-state index is 0.439. The lowest BCUT2D eigenvalue weighted by atomic mass is 10.1. The maximum atomic E-state index is 9.84. The second kappa shape index (κ2) is 4.88. The number of rotatable bonds is 5. The Labute approximate surface area is 97.7 Å². The molecule has 1 atom stereocenters. The van der Waals surface area contributed by atoms with Crippen LogP contribution in [0.25, 0.3) is 0 Å². The fourth-order valence-electron chi connectivity index (χ4n) is 2.13. The largest absolute Gasteiger partial charge is 0.507 e. The van der Waals surface area contributed by atoms with Crippen molar-refractivity contribution in [3.63, 3.8) is 0 Å². The van der Waals surface area contributed by atoms with E-state index in [4.69, 9.17) is 0 Å². The van der Waals surface area contributed by atoms with Gasteiger partial charge in [-0.2, -0.15) is 0 Å². The first-order valence-corrected chi connectivity index (χ1v) is 6.16. The van der Waals surface area contributed by atoms with Crippen LogP contribution in [0.3, 0.4) is 0 Å². The minimum atomic E-state index is 0.439. The topological polar surface area (TPSA) is 32.3 Å². The van der Waals surface area contributed by atoms with Crippen LogP contribution in [-0.2, 0) is 6.54 Å². The van der Waals surface area contributed by atoms with Crippen LogP contribution in [0.1, 0.15) is 30.9 Å². The molecule has 0 bridgehead atoms. The molecule has 0 aromatic heterocycles. The minimum Gasteiger partial charge on any atom is -0.507 e. The highest BCUT2D eigenvalue weighted by Crippen LogP contribution is 2.36. The predicted octanol–water partition coefficient (Wildman–Crippen LogP) is 2.84. The maximum Gasteiger partial charge on any atom is 0.122 e. The fourth-order valence-corrected chi connectivity index (χ4v) is 2.13. The van der Waals surface area contributed by atoms with Crippen LogP contribution >= 0.6 is 0 Å². The van der Waals surface area contributed by atoms with Crippen LogP contribution in [-0.4, -0.2) is 11.7 Å². The van der Waals surface area contributed by atoms with Crippen LogP contribution < -0.4 is 5.32 Å². The van der Waals surface area contributed by atoms with Gasteiger partial charge in [0.15, 0.2) is 0 Å². The molecular weight excluding hydrogens is 198 g/mol. The Hall–Kier alpha value is -1.02. The third-order valence-corrected chi connectivity index (χ3v) is 3.53. The van der Waals surface area contributed by atoms with Crippen molar-refractivity contribution in [3.8, 4) is 5.75 Å². The molecule has 1 unspecified atom stereocenters. The highest BCUT2D eigenvalue weighted by atomic mass is 16.3. The third-order valence-electron chi connectivity index (χ3n) is 3.53. The summed E-state index contributed by atoms with van der Waals surface area (Å²) in [6, 6.07) is 5.92. The molecule has 2 nitrogen and oxygen atoms in total. The van der Waals surface area contributed by atoms with Gasteiger partial charge in [0.2, 0.25) is 0 Å². The molecular formula is C14H21NO. The SMILES string of the molecule is Cc1cccc(CNCC(C)C2CC2)c1O. The number of phenols is 1. The maximum absolute atomic E-state index is 9.84. The first kappa shape index (κ1) is 11.5. The Balaban J connectivity index is 1.82. The van der Waals surface area contributed by atoms with Gasteiger partial charge in [-0.25, -0.2) is 0 Å². The van der Waals surface area contributed by atoms with Gasteiger partial charge in [0.1, 0.15) is 5.75 Å². The third kappa shape index (κ3) is 2.76. The Morgan fingerprint density at radius 3 is 2.88 bits per heavy atom. The van der Waals surface area contributed by atoms with Crippen molar-refractivity contribution in [2.24, 2.45) is 11.8 Å². The van der Waals surface area contributed by atoms with E-state index < -0.39 is 0 Å². The Morgan fingerprint density at radius 1 is 1.44 bits per heavy atom. The molecule has 2 heteroatoms. The number of hydrogen-bond acceptors (Lipinski definition) is 2. The molecule has 1 aromatic carbocycles. The molecule has 0 heterocycles. The predicted molar refractivity (Wildman–Crippen MR) is 66.4 cm³/mol. The van der Waals surface area contributed by atoms with Crippen LogP contribution in [0.15, 0.2) is 18.2 Å². The van der Waals surface area contributed by atoms with E-state index in [1.165, 1.54) is 12.8 Å². The molecule has 0 amide bonds. The molecule has 1 saturated carbocycles. The number of para-hydroxylation sites is 1. The van der Waals surface area contributed by atoms with Crippen LogP contribution in [0, 0.1) is 18.8 Å². The lowest BCUT2D eigenvalue weighted by molar-refractivity contribution is 0.442. The van der Waals surface area contributed by atoms with Crippen molar-refractivity contribution in [2.75, 3.05) is 6.54 Å².